The largest absolute Gasteiger partial charge is 0.456 e. The first kappa shape index (κ1) is 34.7. The normalized spacial score (nSPS) is 13.4. The summed E-state index contributed by atoms with van der Waals surface area (Å²) in [6.45, 7) is 4.79. The molecule has 0 saturated heterocycles. The fraction of sp³-hybridized carbons (Fsp3) is 0.0492. The van der Waals surface area contributed by atoms with E-state index in [0.717, 1.165) is 43.9 Å². The molecular formula is C61H38O2. The van der Waals surface area contributed by atoms with Crippen molar-refractivity contribution in [3.63, 3.8) is 0 Å². The standard InChI is InChI=1S/C61H38O2/c1-61(2)50-29-28-38(56-43-20-9-7-18-41(43)55(42-19-8-10-21-44(42)56)37-27-26-35-14-3-4-15-36(35)32-37)33-49(50)46-24-13-23-45(60(46)61)48-34-54-57(40-17-6-5-16-39(40)48)59-53(63-54)31-30-52-58(59)47-22-11-12-25-51(47)62-52/h3-34H,1-2H3. The van der Waals surface area contributed by atoms with Crippen molar-refractivity contribution in [2.24, 2.45) is 0 Å². The van der Waals surface area contributed by atoms with E-state index in [2.05, 4.69) is 190 Å². The van der Waals surface area contributed by atoms with Crippen molar-refractivity contribution >= 4 is 87.0 Å². The van der Waals surface area contributed by atoms with Gasteiger partial charge in [0.05, 0.1) is 0 Å². The zero-order valence-electron chi connectivity index (χ0n) is 34.8. The van der Waals surface area contributed by atoms with Gasteiger partial charge in [0.1, 0.15) is 22.3 Å². The summed E-state index contributed by atoms with van der Waals surface area (Å²) in [5.74, 6) is 0. The van der Waals surface area contributed by atoms with Crippen molar-refractivity contribution < 1.29 is 8.83 Å². The van der Waals surface area contributed by atoms with Crippen LogP contribution in [0.15, 0.2) is 203 Å². The first-order valence-electron chi connectivity index (χ1n) is 21.9. The molecule has 0 fully saturated rings. The maximum Gasteiger partial charge on any atom is 0.136 e. The Morgan fingerprint density at radius 1 is 0.317 bits per heavy atom. The Labute approximate surface area is 363 Å². The number of furan rings is 2. The maximum atomic E-state index is 6.83. The zero-order valence-corrected chi connectivity index (χ0v) is 34.8. The quantitative estimate of drug-likeness (QED) is 0.166. The van der Waals surface area contributed by atoms with Gasteiger partial charge in [-0.05, 0) is 135 Å². The summed E-state index contributed by atoms with van der Waals surface area (Å²) in [7, 11) is 0. The van der Waals surface area contributed by atoms with Crippen LogP contribution in [0.1, 0.15) is 25.0 Å². The second-order valence-electron chi connectivity index (χ2n) is 17.9. The smallest absolute Gasteiger partial charge is 0.136 e. The van der Waals surface area contributed by atoms with Gasteiger partial charge < -0.3 is 8.83 Å². The fourth-order valence-electron chi connectivity index (χ4n) is 11.5. The molecule has 0 amide bonds. The predicted molar refractivity (Wildman–Crippen MR) is 265 cm³/mol. The molecule has 0 unspecified atom stereocenters. The topological polar surface area (TPSA) is 26.3 Å². The fourth-order valence-corrected chi connectivity index (χ4v) is 11.5. The number of rotatable bonds is 3. The average molecular weight is 803 g/mol. The summed E-state index contributed by atoms with van der Waals surface area (Å²) in [6.07, 6.45) is 0. The molecule has 14 rings (SSSR count). The molecule has 11 aromatic carbocycles. The summed E-state index contributed by atoms with van der Waals surface area (Å²) in [4.78, 5) is 0. The molecule has 0 saturated carbocycles. The molecule has 0 aliphatic heterocycles. The van der Waals surface area contributed by atoms with Gasteiger partial charge in [-0.1, -0.05) is 172 Å². The van der Waals surface area contributed by atoms with Gasteiger partial charge in [0.15, 0.2) is 0 Å². The van der Waals surface area contributed by atoms with E-state index in [9.17, 15) is 0 Å². The third kappa shape index (κ3) is 4.73. The molecule has 0 radical (unpaired) electrons. The predicted octanol–water partition coefficient (Wildman–Crippen LogP) is 17.4. The number of para-hydroxylation sites is 1. The number of benzene rings is 11. The Morgan fingerprint density at radius 2 is 0.841 bits per heavy atom. The zero-order chi connectivity index (χ0) is 41.6. The molecule has 2 heteroatoms. The Balaban J connectivity index is 0.986. The monoisotopic (exact) mass is 802 g/mol. The molecule has 2 nitrogen and oxygen atoms in total. The van der Waals surface area contributed by atoms with Gasteiger partial charge in [-0.15, -0.1) is 0 Å². The molecule has 13 aromatic rings. The van der Waals surface area contributed by atoms with Crippen LogP contribution in [0.4, 0.5) is 0 Å². The summed E-state index contributed by atoms with van der Waals surface area (Å²) < 4.78 is 13.2. The highest BCUT2D eigenvalue weighted by Crippen LogP contribution is 2.55. The van der Waals surface area contributed by atoms with Crippen molar-refractivity contribution in [3.05, 3.63) is 205 Å². The van der Waals surface area contributed by atoms with Gasteiger partial charge in [-0.25, -0.2) is 0 Å². The van der Waals surface area contributed by atoms with Gasteiger partial charge in [0.25, 0.3) is 0 Å². The molecule has 1 aliphatic carbocycles. The number of fused-ring (bicyclic) bond motifs is 15. The Kier molecular flexibility index (Phi) is 6.93. The third-order valence-electron chi connectivity index (χ3n) is 14.2. The highest BCUT2D eigenvalue weighted by molar-refractivity contribution is 6.32. The van der Waals surface area contributed by atoms with Gasteiger partial charge in [-0.3, -0.25) is 0 Å². The van der Waals surface area contributed by atoms with Crippen molar-refractivity contribution in [2.45, 2.75) is 19.3 Å². The first-order valence-corrected chi connectivity index (χ1v) is 21.9. The molecule has 2 aromatic heterocycles. The molecule has 0 bridgehead atoms. The lowest BCUT2D eigenvalue weighted by atomic mass is 9.78. The molecule has 0 spiro atoms. The average Bonchev–Trinajstić information content (AvgIpc) is 3.97. The van der Waals surface area contributed by atoms with Crippen molar-refractivity contribution in [2.75, 3.05) is 0 Å². The van der Waals surface area contributed by atoms with Crippen molar-refractivity contribution in [3.8, 4) is 44.5 Å². The van der Waals surface area contributed by atoms with E-state index in [1.54, 1.807) is 0 Å². The van der Waals surface area contributed by atoms with Crippen LogP contribution in [0, 0.1) is 0 Å². The minimum absolute atomic E-state index is 0.254. The minimum Gasteiger partial charge on any atom is -0.456 e. The Bertz CT molecular complexity index is 4060. The summed E-state index contributed by atoms with van der Waals surface area (Å²) in [5, 5.41) is 14.4. The lowest BCUT2D eigenvalue weighted by Gasteiger charge is -2.25. The van der Waals surface area contributed by atoms with Crippen LogP contribution < -0.4 is 0 Å². The van der Waals surface area contributed by atoms with E-state index in [1.807, 2.05) is 18.2 Å². The van der Waals surface area contributed by atoms with E-state index in [0.29, 0.717) is 0 Å². The lowest BCUT2D eigenvalue weighted by molar-refractivity contribution is 0.661. The second-order valence-corrected chi connectivity index (χ2v) is 17.9. The van der Waals surface area contributed by atoms with E-state index in [-0.39, 0.29) is 5.41 Å². The number of hydrogen-bond acceptors (Lipinski definition) is 2. The van der Waals surface area contributed by atoms with E-state index in [1.165, 1.54) is 98.7 Å². The summed E-state index contributed by atoms with van der Waals surface area (Å²) >= 11 is 0. The van der Waals surface area contributed by atoms with E-state index >= 15 is 0 Å². The van der Waals surface area contributed by atoms with Crippen LogP contribution in [0.2, 0.25) is 0 Å². The minimum atomic E-state index is -0.254. The van der Waals surface area contributed by atoms with E-state index in [4.69, 9.17) is 8.83 Å². The second kappa shape index (κ2) is 12.6. The highest BCUT2D eigenvalue weighted by Gasteiger charge is 2.38. The molecule has 294 valence electrons. The Hall–Kier alpha value is -7.94. The lowest BCUT2D eigenvalue weighted by Crippen LogP contribution is -2.16. The van der Waals surface area contributed by atoms with Gasteiger partial charge in [-0.2, -0.15) is 0 Å². The molecule has 63 heavy (non-hydrogen) atoms. The highest BCUT2D eigenvalue weighted by atomic mass is 16.3. The SMILES string of the molecule is CC1(C)c2ccc(-c3c4ccccc4c(-c4ccc5ccccc5c4)c4ccccc34)cc2-c2cccc(-c3cc4oc5ccc6oc7ccccc7c6c5c4c4ccccc34)c21. The van der Waals surface area contributed by atoms with Crippen LogP contribution >= 0.6 is 0 Å². The van der Waals surface area contributed by atoms with Gasteiger partial charge in [0.2, 0.25) is 0 Å². The van der Waals surface area contributed by atoms with Crippen LogP contribution in [0.3, 0.4) is 0 Å². The number of hydrogen-bond donors (Lipinski definition) is 0. The molecule has 0 N–H and O–H groups in total. The van der Waals surface area contributed by atoms with Crippen LogP contribution in [-0.2, 0) is 5.41 Å². The van der Waals surface area contributed by atoms with Crippen LogP contribution in [0.25, 0.3) is 131 Å². The summed E-state index contributed by atoms with van der Waals surface area (Å²) in [5.41, 5.74) is 16.0. The van der Waals surface area contributed by atoms with Crippen molar-refractivity contribution in [1.29, 1.82) is 0 Å². The van der Waals surface area contributed by atoms with Gasteiger partial charge >= 0.3 is 0 Å². The maximum absolute atomic E-state index is 6.83. The van der Waals surface area contributed by atoms with Crippen LogP contribution in [-0.4, -0.2) is 0 Å². The molecule has 2 heterocycles. The van der Waals surface area contributed by atoms with Gasteiger partial charge in [0, 0.05) is 27.0 Å². The van der Waals surface area contributed by atoms with Crippen molar-refractivity contribution in [1.82, 2.24) is 0 Å². The summed E-state index contributed by atoms with van der Waals surface area (Å²) in [6, 6.07) is 71.2. The van der Waals surface area contributed by atoms with E-state index < -0.39 is 0 Å². The first-order chi connectivity index (χ1) is 31.0. The molecular weight excluding hydrogens is 765 g/mol. The third-order valence-corrected chi connectivity index (χ3v) is 14.2. The molecule has 0 atom stereocenters. The Morgan fingerprint density at radius 3 is 1.56 bits per heavy atom. The molecule has 1 aliphatic rings. The van der Waals surface area contributed by atoms with Crippen LogP contribution in [0.5, 0.6) is 0 Å².